The predicted molar refractivity (Wildman–Crippen MR) is 145 cm³/mol. The predicted octanol–water partition coefficient (Wildman–Crippen LogP) is 3.06. The number of rotatable bonds is 9. The zero-order valence-electron chi connectivity index (χ0n) is 22.6. The Balaban J connectivity index is 1.37. The topological polar surface area (TPSA) is 79.6 Å². The summed E-state index contributed by atoms with van der Waals surface area (Å²) in [5.41, 5.74) is 2.85. The van der Waals surface area contributed by atoms with Gasteiger partial charge in [-0.2, -0.15) is 5.10 Å². The van der Waals surface area contributed by atoms with Crippen molar-refractivity contribution in [2.24, 2.45) is 18.1 Å². The van der Waals surface area contributed by atoms with Crippen molar-refractivity contribution >= 4 is 17.5 Å². The number of ether oxygens (including phenoxy) is 2. The first-order chi connectivity index (χ1) is 18.5. The molecule has 9 nitrogen and oxygen atoms in total. The molecule has 1 aromatic heterocycles. The van der Waals surface area contributed by atoms with Gasteiger partial charge >= 0.3 is 0 Å². The van der Waals surface area contributed by atoms with Crippen molar-refractivity contribution < 1.29 is 19.1 Å². The molecule has 2 fully saturated rings. The van der Waals surface area contributed by atoms with Crippen LogP contribution in [0.1, 0.15) is 49.4 Å². The third-order valence-corrected chi connectivity index (χ3v) is 8.04. The molecule has 9 heteroatoms. The van der Waals surface area contributed by atoms with E-state index in [-0.39, 0.29) is 30.3 Å². The Labute approximate surface area is 225 Å². The van der Waals surface area contributed by atoms with E-state index in [4.69, 9.17) is 14.6 Å². The number of morpholine rings is 1. The van der Waals surface area contributed by atoms with Crippen molar-refractivity contribution in [3.05, 3.63) is 53.9 Å². The van der Waals surface area contributed by atoms with Gasteiger partial charge in [0.2, 0.25) is 5.91 Å². The number of hydrogen-bond acceptors (Lipinski definition) is 6. The van der Waals surface area contributed by atoms with E-state index in [1.807, 2.05) is 54.2 Å². The quantitative estimate of drug-likeness (QED) is 0.507. The average molecular weight is 522 g/mol. The Hall–Kier alpha value is -3.17. The van der Waals surface area contributed by atoms with Gasteiger partial charge in [-0.25, -0.2) is 5.01 Å². The molecule has 3 aliphatic rings. The molecule has 1 saturated carbocycles. The van der Waals surface area contributed by atoms with Gasteiger partial charge in [0.25, 0.3) is 5.91 Å². The van der Waals surface area contributed by atoms with E-state index in [2.05, 4.69) is 4.90 Å². The minimum atomic E-state index is -0.235. The molecule has 0 unspecified atom stereocenters. The molecule has 2 amide bonds. The Kier molecular flexibility index (Phi) is 8.44. The summed E-state index contributed by atoms with van der Waals surface area (Å²) in [6.07, 6.45) is 6.58. The molecule has 5 rings (SSSR count). The van der Waals surface area contributed by atoms with Crippen LogP contribution in [0, 0.1) is 5.92 Å². The van der Waals surface area contributed by atoms with Crippen LogP contribution in [0.5, 0.6) is 5.75 Å². The fourth-order valence-electron chi connectivity index (χ4n) is 5.76. The van der Waals surface area contributed by atoms with Crippen molar-refractivity contribution in [1.29, 1.82) is 0 Å². The summed E-state index contributed by atoms with van der Waals surface area (Å²) in [5, 5.41) is 6.44. The average Bonchev–Trinajstić information content (AvgIpc) is 3.72. The Morgan fingerprint density at radius 1 is 1.11 bits per heavy atom. The second kappa shape index (κ2) is 12.1. The smallest absolute Gasteiger partial charge is 0.262 e. The highest BCUT2D eigenvalue weighted by atomic mass is 16.5. The molecule has 1 aliphatic carbocycles. The van der Waals surface area contributed by atoms with E-state index in [1.165, 1.54) is 0 Å². The van der Waals surface area contributed by atoms with Gasteiger partial charge in [0, 0.05) is 51.8 Å². The van der Waals surface area contributed by atoms with Crippen LogP contribution in [-0.4, -0.2) is 89.9 Å². The highest BCUT2D eigenvalue weighted by Crippen LogP contribution is 2.34. The number of carbonyl (C=O) groups is 2. The van der Waals surface area contributed by atoms with Crippen molar-refractivity contribution in [2.75, 3.05) is 53.0 Å². The molecule has 3 heterocycles. The van der Waals surface area contributed by atoms with Crippen molar-refractivity contribution in [3.8, 4) is 5.75 Å². The fraction of sp³-hybridized carbons (Fsp3) is 0.552. The lowest BCUT2D eigenvalue weighted by molar-refractivity contribution is -0.144. The maximum atomic E-state index is 13.9. The highest BCUT2D eigenvalue weighted by molar-refractivity contribution is 6.02. The summed E-state index contributed by atoms with van der Waals surface area (Å²) in [5.74, 6) is 0.745. The van der Waals surface area contributed by atoms with Crippen LogP contribution in [-0.2, 0) is 21.4 Å². The van der Waals surface area contributed by atoms with E-state index in [0.29, 0.717) is 26.2 Å². The van der Waals surface area contributed by atoms with Gasteiger partial charge in [-0.15, -0.1) is 0 Å². The van der Waals surface area contributed by atoms with Crippen LogP contribution in [0.4, 0.5) is 0 Å². The van der Waals surface area contributed by atoms with Crippen LogP contribution >= 0.6 is 0 Å². The molecule has 1 aromatic carbocycles. The Morgan fingerprint density at radius 2 is 1.84 bits per heavy atom. The Bertz CT molecular complexity index is 1130. The second-order valence-electron chi connectivity index (χ2n) is 10.5. The lowest BCUT2D eigenvalue weighted by Crippen LogP contribution is -2.47. The monoisotopic (exact) mass is 521 g/mol. The molecule has 0 spiro atoms. The lowest BCUT2D eigenvalue weighted by Gasteiger charge is -2.32. The van der Waals surface area contributed by atoms with Crippen molar-refractivity contribution in [3.63, 3.8) is 0 Å². The summed E-state index contributed by atoms with van der Waals surface area (Å²) >= 11 is 0. The molecule has 204 valence electrons. The lowest BCUT2D eigenvalue weighted by atomic mass is 10.0. The number of amides is 2. The van der Waals surface area contributed by atoms with Gasteiger partial charge in [-0.1, -0.05) is 25.0 Å². The molecule has 0 N–H and O–H groups in total. The molecule has 38 heavy (non-hydrogen) atoms. The molecule has 0 bridgehead atoms. The summed E-state index contributed by atoms with van der Waals surface area (Å²) in [6, 6.07) is 11.6. The molecular weight excluding hydrogens is 482 g/mol. The number of aryl methyl sites for hydroxylation is 1. The molecule has 1 saturated heterocycles. The van der Waals surface area contributed by atoms with Gasteiger partial charge < -0.3 is 18.9 Å². The SMILES string of the molecule is COc1ccc([C@@H]2CC(c3cccn3C)=NN2C(=O)CN(CCN2CCOCC2)C(=O)C2CCCC2)cc1. The zero-order valence-corrected chi connectivity index (χ0v) is 22.6. The van der Waals surface area contributed by atoms with Gasteiger partial charge in [-0.05, 0) is 42.7 Å². The standard InChI is InChI=1S/C29H39N5O4/c1-31-13-5-8-26(31)25-20-27(22-9-11-24(37-2)12-10-22)34(30-25)28(35)21-33(29(36)23-6-3-4-7-23)15-14-32-16-18-38-19-17-32/h5,8-13,23,27H,3-4,6-7,14-21H2,1-2H3/t27-/m0/s1. The van der Waals surface area contributed by atoms with Crippen LogP contribution < -0.4 is 4.74 Å². The summed E-state index contributed by atoms with van der Waals surface area (Å²) in [4.78, 5) is 31.5. The fourth-order valence-corrected chi connectivity index (χ4v) is 5.76. The van der Waals surface area contributed by atoms with E-state index in [0.717, 1.165) is 68.0 Å². The molecular formula is C29H39N5O4. The minimum Gasteiger partial charge on any atom is -0.497 e. The number of hydrazone groups is 1. The number of hydrogen-bond donors (Lipinski definition) is 0. The highest BCUT2D eigenvalue weighted by Gasteiger charge is 2.36. The van der Waals surface area contributed by atoms with E-state index < -0.39 is 0 Å². The zero-order chi connectivity index (χ0) is 26.5. The van der Waals surface area contributed by atoms with E-state index in [1.54, 1.807) is 17.0 Å². The van der Waals surface area contributed by atoms with Crippen LogP contribution in [0.3, 0.4) is 0 Å². The number of nitrogens with zero attached hydrogens (tertiary/aromatic N) is 5. The molecule has 0 radical (unpaired) electrons. The number of aromatic nitrogens is 1. The van der Waals surface area contributed by atoms with Gasteiger partial charge in [0.15, 0.2) is 0 Å². The first kappa shape index (κ1) is 26.4. The van der Waals surface area contributed by atoms with E-state index in [9.17, 15) is 9.59 Å². The number of methoxy groups -OCH3 is 1. The maximum Gasteiger partial charge on any atom is 0.262 e. The number of benzene rings is 1. The van der Waals surface area contributed by atoms with Crippen LogP contribution in [0.15, 0.2) is 47.7 Å². The maximum absolute atomic E-state index is 13.9. The van der Waals surface area contributed by atoms with Gasteiger partial charge in [0.05, 0.1) is 37.8 Å². The van der Waals surface area contributed by atoms with Crippen molar-refractivity contribution in [1.82, 2.24) is 19.4 Å². The molecule has 2 aliphatic heterocycles. The summed E-state index contributed by atoms with van der Waals surface area (Å²) < 4.78 is 12.8. The third-order valence-electron chi connectivity index (χ3n) is 8.04. The largest absolute Gasteiger partial charge is 0.497 e. The van der Waals surface area contributed by atoms with Gasteiger partial charge in [0.1, 0.15) is 12.3 Å². The second-order valence-corrected chi connectivity index (χ2v) is 10.5. The van der Waals surface area contributed by atoms with Crippen LogP contribution in [0.25, 0.3) is 0 Å². The van der Waals surface area contributed by atoms with Crippen molar-refractivity contribution in [2.45, 2.75) is 38.1 Å². The first-order valence-corrected chi connectivity index (χ1v) is 13.8. The number of carbonyl (C=O) groups excluding carboxylic acids is 2. The first-order valence-electron chi connectivity index (χ1n) is 13.8. The Morgan fingerprint density at radius 3 is 2.50 bits per heavy atom. The summed E-state index contributed by atoms with van der Waals surface area (Å²) in [7, 11) is 3.63. The normalized spacial score (nSPS) is 20.5. The third kappa shape index (κ3) is 5.94. The minimum absolute atomic E-state index is 0.0193. The molecule has 1 atom stereocenters. The van der Waals surface area contributed by atoms with Gasteiger partial charge in [-0.3, -0.25) is 14.5 Å². The molecule has 2 aromatic rings. The van der Waals surface area contributed by atoms with E-state index >= 15 is 0 Å². The summed E-state index contributed by atoms with van der Waals surface area (Å²) in [6.45, 7) is 4.46. The van der Waals surface area contributed by atoms with Crippen LogP contribution in [0.2, 0.25) is 0 Å².